The van der Waals surface area contributed by atoms with Gasteiger partial charge in [-0.25, -0.2) is 4.79 Å². The molecule has 0 aliphatic carbocycles. The summed E-state index contributed by atoms with van der Waals surface area (Å²) >= 11 is 0. The maximum Gasteiger partial charge on any atom is 0.328 e. The van der Waals surface area contributed by atoms with Gasteiger partial charge in [0.05, 0.1) is 26.2 Å². The Balaban J connectivity index is 0.00000178. The summed E-state index contributed by atoms with van der Waals surface area (Å²) in [7, 11) is 2.33. The summed E-state index contributed by atoms with van der Waals surface area (Å²) < 4.78 is 9.03. The van der Waals surface area contributed by atoms with Crippen molar-refractivity contribution in [1.82, 2.24) is 10.3 Å². The third-order valence-corrected chi connectivity index (χ3v) is 2.99. The van der Waals surface area contributed by atoms with E-state index < -0.39 is 23.9 Å². The maximum atomic E-state index is 12.2. The number of carbonyl (C=O) groups excluding carboxylic acids is 3. The second-order valence-electron chi connectivity index (χ2n) is 4.50. The number of esters is 2. The van der Waals surface area contributed by atoms with Crippen molar-refractivity contribution in [3.05, 3.63) is 33.7 Å². The van der Waals surface area contributed by atoms with Crippen LogP contribution in [0, 0.1) is 0 Å². The van der Waals surface area contributed by atoms with Crippen molar-refractivity contribution in [2.75, 3.05) is 14.2 Å². The molecule has 0 aliphatic heterocycles. The number of ether oxygens (including phenoxy) is 2. The lowest BCUT2D eigenvalue weighted by Crippen LogP contribution is -2.43. The largest absolute Gasteiger partial charge is 0.483 e. The molecule has 25 heavy (non-hydrogen) atoms. The van der Waals surface area contributed by atoms with Crippen molar-refractivity contribution in [2.45, 2.75) is 25.8 Å². The molecule has 1 rings (SSSR count). The molecule has 0 spiro atoms. The summed E-state index contributed by atoms with van der Waals surface area (Å²) in [6.45, 7) is 1.52. The Morgan fingerprint density at radius 3 is 2.36 bits per heavy atom. The van der Waals surface area contributed by atoms with Gasteiger partial charge >= 0.3 is 11.9 Å². The van der Waals surface area contributed by atoms with Crippen LogP contribution in [0.5, 0.6) is 0 Å². The number of methoxy groups -OCH3 is 2. The highest BCUT2D eigenvalue weighted by Crippen LogP contribution is 2.06. The van der Waals surface area contributed by atoms with E-state index in [0.717, 1.165) is 7.11 Å². The minimum absolute atomic E-state index is 0.223. The molecule has 1 aromatic rings. The maximum absolute atomic E-state index is 12.2. The van der Waals surface area contributed by atoms with Gasteiger partial charge in [0.15, 0.2) is 0 Å². The number of amides is 1. The van der Waals surface area contributed by atoms with E-state index in [1.807, 2.05) is 0 Å². The minimum atomic E-state index is -1.17. The highest BCUT2D eigenvalue weighted by molar-refractivity contribution is 5.98. The lowest BCUT2D eigenvalue weighted by Gasteiger charge is -2.16. The van der Waals surface area contributed by atoms with Crippen LogP contribution in [-0.2, 0) is 30.3 Å². The van der Waals surface area contributed by atoms with Gasteiger partial charge in [-0.3, -0.25) is 19.2 Å². The van der Waals surface area contributed by atoms with Gasteiger partial charge in [0.1, 0.15) is 6.04 Å². The topological polar surface area (TPSA) is 152 Å². The van der Waals surface area contributed by atoms with Gasteiger partial charge in [0.2, 0.25) is 5.56 Å². The second-order valence-corrected chi connectivity index (χ2v) is 4.50. The van der Waals surface area contributed by atoms with Crippen molar-refractivity contribution in [3.8, 4) is 0 Å². The van der Waals surface area contributed by atoms with Crippen LogP contribution in [-0.4, -0.2) is 54.7 Å². The van der Waals surface area contributed by atoms with Crippen LogP contribution in [0.4, 0.5) is 0 Å². The summed E-state index contributed by atoms with van der Waals surface area (Å²) in [4.78, 5) is 57.4. The van der Waals surface area contributed by atoms with Crippen LogP contribution in [0.15, 0.2) is 16.9 Å². The zero-order valence-electron chi connectivity index (χ0n) is 14.0. The molecular weight excluding hydrogens is 336 g/mol. The first-order valence-corrected chi connectivity index (χ1v) is 7.10. The van der Waals surface area contributed by atoms with E-state index in [4.69, 9.17) is 9.90 Å². The average Bonchev–Trinajstić information content (AvgIpc) is 2.60. The highest BCUT2D eigenvalue weighted by atomic mass is 16.5. The molecule has 1 unspecified atom stereocenters. The lowest BCUT2D eigenvalue weighted by molar-refractivity contribution is -0.149. The molecule has 1 heterocycles. The van der Waals surface area contributed by atoms with Crippen LogP contribution in [0.25, 0.3) is 0 Å². The fourth-order valence-corrected chi connectivity index (χ4v) is 1.83. The Morgan fingerprint density at radius 1 is 1.28 bits per heavy atom. The molecule has 0 fully saturated rings. The Labute approximate surface area is 143 Å². The number of aryl methyl sites for hydroxylation is 1. The number of hydrogen-bond acceptors (Lipinski definition) is 7. The van der Waals surface area contributed by atoms with Gasteiger partial charge in [-0.1, -0.05) is 6.92 Å². The Hall–Kier alpha value is -3.17. The lowest BCUT2D eigenvalue weighted by atomic mass is 10.1. The third-order valence-electron chi connectivity index (χ3n) is 2.99. The van der Waals surface area contributed by atoms with E-state index in [9.17, 15) is 19.2 Å². The third kappa shape index (κ3) is 7.29. The normalized spacial score (nSPS) is 10.5. The molecule has 3 N–H and O–H groups in total. The van der Waals surface area contributed by atoms with Crippen molar-refractivity contribution in [3.63, 3.8) is 0 Å². The summed E-state index contributed by atoms with van der Waals surface area (Å²) in [5.41, 5.74) is 0.333. The molecule has 1 aromatic heterocycles. The highest BCUT2D eigenvalue weighted by Gasteiger charge is 2.26. The van der Waals surface area contributed by atoms with E-state index in [1.165, 1.54) is 19.2 Å². The van der Waals surface area contributed by atoms with E-state index in [2.05, 4.69) is 19.8 Å². The zero-order chi connectivity index (χ0) is 19.4. The van der Waals surface area contributed by atoms with E-state index >= 15 is 0 Å². The number of pyridine rings is 1. The first kappa shape index (κ1) is 21.8. The van der Waals surface area contributed by atoms with Gasteiger partial charge in [-0.05, 0) is 12.5 Å². The van der Waals surface area contributed by atoms with Crippen molar-refractivity contribution < 1.29 is 33.8 Å². The summed E-state index contributed by atoms with van der Waals surface area (Å²) in [6.07, 6.45) is 0.0818. The number of nitrogens with one attached hydrogen (secondary N) is 2. The predicted molar refractivity (Wildman–Crippen MR) is 85.0 cm³/mol. The Kier molecular flexibility index (Phi) is 9.94. The standard InChI is InChI=1S/C14H18N2O6.CH2O2/c1-4-9-8(5-6-11(17)15-9)13(19)16-10(14(20)22-3)7-12(18)21-2;2-1-3/h5-6,10H,4,7H2,1-3H3,(H,15,17)(H,16,19);1H,(H,2,3). The molecular formula is C15H20N2O8. The van der Waals surface area contributed by atoms with Gasteiger partial charge in [-0.2, -0.15) is 0 Å². The first-order valence-electron chi connectivity index (χ1n) is 7.10. The SMILES string of the molecule is CCc1[nH]c(=O)ccc1C(=O)NC(CC(=O)OC)C(=O)OC.O=CO. The summed E-state index contributed by atoms with van der Waals surface area (Å²) in [5, 5.41) is 9.30. The molecule has 0 bridgehead atoms. The fraction of sp³-hybridized carbons (Fsp3) is 0.400. The molecule has 1 amide bonds. The molecule has 138 valence electrons. The van der Waals surface area contributed by atoms with Crippen molar-refractivity contribution in [1.29, 1.82) is 0 Å². The number of rotatable bonds is 6. The molecule has 10 heteroatoms. The fourth-order valence-electron chi connectivity index (χ4n) is 1.83. The van der Waals surface area contributed by atoms with Gasteiger partial charge in [0, 0.05) is 11.8 Å². The first-order chi connectivity index (χ1) is 11.8. The van der Waals surface area contributed by atoms with Crippen molar-refractivity contribution in [2.24, 2.45) is 0 Å². The van der Waals surface area contributed by atoms with Gasteiger partial charge < -0.3 is 24.9 Å². The monoisotopic (exact) mass is 356 g/mol. The molecule has 0 aromatic carbocycles. The number of hydrogen-bond donors (Lipinski definition) is 3. The number of carboxylic acid groups (broad SMARTS) is 1. The summed E-state index contributed by atoms with van der Waals surface area (Å²) in [6, 6.07) is 1.41. The molecule has 0 radical (unpaired) electrons. The average molecular weight is 356 g/mol. The van der Waals surface area contributed by atoms with Crippen molar-refractivity contribution >= 4 is 24.3 Å². The molecule has 0 saturated heterocycles. The van der Waals surface area contributed by atoms with Gasteiger partial charge in [0.25, 0.3) is 12.4 Å². The number of aromatic amines is 1. The van der Waals surface area contributed by atoms with E-state index in [0.29, 0.717) is 12.1 Å². The van der Waals surface area contributed by atoms with Crippen LogP contribution in [0.2, 0.25) is 0 Å². The zero-order valence-corrected chi connectivity index (χ0v) is 14.0. The second kappa shape index (κ2) is 11.4. The molecule has 0 aliphatic rings. The number of carbonyl (C=O) groups is 4. The predicted octanol–water partition coefficient (Wildman–Crippen LogP) is -0.527. The number of aromatic nitrogens is 1. The van der Waals surface area contributed by atoms with Crippen LogP contribution in [0.1, 0.15) is 29.4 Å². The van der Waals surface area contributed by atoms with Crippen LogP contribution in [0.3, 0.4) is 0 Å². The Morgan fingerprint density at radius 2 is 1.88 bits per heavy atom. The minimum Gasteiger partial charge on any atom is -0.483 e. The quantitative estimate of drug-likeness (QED) is 0.454. The number of H-pyrrole nitrogens is 1. The van der Waals surface area contributed by atoms with E-state index in [-0.39, 0.29) is 24.0 Å². The van der Waals surface area contributed by atoms with Gasteiger partial charge in [-0.15, -0.1) is 0 Å². The molecule has 1 atom stereocenters. The smallest absolute Gasteiger partial charge is 0.328 e. The molecule has 10 nitrogen and oxygen atoms in total. The van der Waals surface area contributed by atoms with E-state index in [1.54, 1.807) is 6.92 Å². The summed E-state index contributed by atoms with van der Waals surface area (Å²) in [5.74, 6) is -2.01. The van der Waals surface area contributed by atoms with Crippen LogP contribution >= 0.6 is 0 Å². The van der Waals surface area contributed by atoms with Crippen LogP contribution < -0.4 is 10.9 Å². The molecule has 0 saturated carbocycles. The Bertz CT molecular complexity index is 668.